The predicted molar refractivity (Wildman–Crippen MR) is 103 cm³/mol. The fraction of sp³-hybridized carbons (Fsp3) is 0.364. The van der Waals surface area contributed by atoms with Crippen LogP contribution in [-0.2, 0) is 14.3 Å². The molecule has 27 heavy (non-hydrogen) atoms. The third-order valence-electron chi connectivity index (χ3n) is 5.29. The van der Waals surface area contributed by atoms with Crippen LogP contribution < -0.4 is 5.32 Å². The molecule has 0 aromatic heterocycles. The second kappa shape index (κ2) is 7.92. The molecule has 0 radical (unpaired) electrons. The van der Waals surface area contributed by atoms with E-state index in [0.717, 1.165) is 22.3 Å². The van der Waals surface area contributed by atoms with Crippen molar-refractivity contribution in [2.45, 2.75) is 25.8 Å². The van der Waals surface area contributed by atoms with Crippen molar-refractivity contribution in [3.63, 3.8) is 0 Å². The Kier molecular flexibility index (Phi) is 5.61. The number of ether oxygens (including phenoxy) is 1. The molecule has 2 aromatic carbocycles. The van der Waals surface area contributed by atoms with Gasteiger partial charge < -0.3 is 15.2 Å². The number of nitrogens with one attached hydrogen (secondary N) is 1. The van der Waals surface area contributed by atoms with Crippen LogP contribution in [0.1, 0.15) is 30.9 Å². The third kappa shape index (κ3) is 3.60. The van der Waals surface area contributed by atoms with Crippen molar-refractivity contribution in [1.82, 2.24) is 5.32 Å². The maximum absolute atomic E-state index is 12.6. The van der Waals surface area contributed by atoms with Crippen molar-refractivity contribution in [3.8, 4) is 11.1 Å². The van der Waals surface area contributed by atoms with Crippen LogP contribution >= 0.6 is 0 Å². The van der Waals surface area contributed by atoms with Gasteiger partial charge in [0.15, 0.2) is 5.92 Å². The molecule has 2 aromatic rings. The molecule has 0 fully saturated rings. The Bertz CT molecular complexity index is 800. The predicted octanol–water partition coefficient (Wildman–Crippen LogP) is 3.29. The molecule has 2 atom stereocenters. The molecule has 0 bridgehead atoms. The molecule has 0 spiro atoms. The van der Waals surface area contributed by atoms with Gasteiger partial charge >= 0.3 is 11.9 Å². The Morgan fingerprint density at radius 1 is 1.04 bits per heavy atom. The minimum atomic E-state index is -1.23. The second-order valence-electron chi connectivity index (χ2n) is 7.23. The quantitative estimate of drug-likeness (QED) is 0.580. The summed E-state index contributed by atoms with van der Waals surface area (Å²) < 4.78 is 5.54. The average Bonchev–Trinajstić information content (AvgIpc) is 2.97. The van der Waals surface area contributed by atoms with E-state index in [0.29, 0.717) is 0 Å². The molecule has 0 saturated carbocycles. The molecule has 0 heterocycles. The van der Waals surface area contributed by atoms with Crippen molar-refractivity contribution >= 4 is 11.9 Å². The number of hydrogen-bond acceptors (Lipinski definition) is 4. The summed E-state index contributed by atoms with van der Waals surface area (Å²) in [5.74, 6) is -3.20. The maximum Gasteiger partial charge on any atom is 0.321 e. The summed E-state index contributed by atoms with van der Waals surface area (Å²) in [5.41, 5.74) is 4.48. The molecule has 5 nitrogen and oxygen atoms in total. The monoisotopic (exact) mass is 367 g/mol. The van der Waals surface area contributed by atoms with E-state index < -0.39 is 23.9 Å². The normalized spacial score (nSPS) is 15.1. The van der Waals surface area contributed by atoms with Crippen molar-refractivity contribution in [3.05, 3.63) is 59.7 Å². The number of fused-ring (bicyclic) bond motifs is 3. The average molecular weight is 367 g/mol. The SMILES string of the molecule is CN[C@@H](C(C)C)C(C(=O)O)C(=O)OCC1c2ccccc2-c2ccccc21. The largest absolute Gasteiger partial charge is 0.481 e. The van der Waals surface area contributed by atoms with Gasteiger partial charge in [-0.1, -0.05) is 62.4 Å². The summed E-state index contributed by atoms with van der Waals surface area (Å²) in [7, 11) is 1.66. The molecule has 0 saturated heterocycles. The smallest absolute Gasteiger partial charge is 0.321 e. The summed E-state index contributed by atoms with van der Waals surface area (Å²) in [4.78, 5) is 24.3. The lowest BCUT2D eigenvalue weighted by Crippen LogP contribution is -2.46. The lowest BCUT2D eigenvalue weighted by molar-refractivity contribution is -0.161. The van der Waals surface area contributed by atoms with Crippen LogP contribution in [0.2, 0.25) is 0 Å². The highest BCUT2D eigenvalue weighted by Gasteiger charge is 2.38. The van der Waals surface area contributed by atoms with Gasteiger partial charge in [-0.15, -0.1) is 0 Å². The first-order valence-corrected chi connectivity index (χ1v) is 9.20. The third-order valence-corrected chi connectivity index (χ3v) is 5.29. The van der Waals surface area contributed by atoms with Gasteiger partial charge in [0.25, 0.3) is 0 Å². The minimum Gasteiger partial charge on any atom is -0.481 e. The number of carbonyl (C=O) groups is 2. The molecule has 2 N–H and O–H groups in total. The van der Waals surface area contributed by atoms with Crippen LogP contribution in [0, 0.1) is 11.8 Å². The number of carboxylic acids is 1. The number of aliphatic carboxylic acids is 1. The van der Waals surface area contributed by atoms with Gasteiger partial charge in [0.1, 0.15) is 6.61 Å². The molecule has 142 valence electrons. The minimum absolute atomic E-state index is 0.0171. The molecule has 1 aliphatic rings. The number of esters is 1. The first-order valence-electron chi connectivity index (χ1n) is 9.20. The van der Waals surface area contributed by atoms with E-state index in [2.05, 4.69) is 17.4 Å². The van der Waals surface area contributed by atoms with Crippen LogP contribution in [0.25, 0.3) is 11.1 Å². The van der Waals surface area contributed by atoms with Crippen molar-refractivity contribution in [2.75, 3.05) is 13.7 Å². The van der Waals surface area contributed by atoms with E-state index in [1.165, 1.54) is 0 Å². The van der Waals surface area contributed by atoms with Crippen molar-refractivity contribution < 1.29 is 19.4 Å². The second-order valence-corrected chi connectivity index (χ2v) is 7.23. The van der Waals surface area contributed by atoms with Gasteiger partial charge in [-0.2, -0.15) is 0 Å². The lowest BCUT2D eigenvalue weighted by atomic mass is 9.90. The van der Waals surface area contributed by atoms with Crippen molar-refractivity contribution in [1.29, 1.82) is 0 Å². The summed E-state index contributed by atoms with van der Waals surface area (Å²) in [6.07, 6.45) is 0. The van der Waals surface area contributed by atoms with Gasteiger partial charge in [0, 0.05) is 12.0 Å². The summed E-state index contributed by atoms with van der Waals surface area (Å²) in [6.45, 7) is 3.90. The highest BCUT2D eigenvalue weighted by Crippen LogP contribution is 2.44. The first-order chi connectivity index (χ1) is 13.0. The zero-order valence-electron chi connectivity index (χ0n) is 15.8. The van der Waals surface area contributed by atoms with Gasteiger partial charge in [-0.25, -0.2) is 0 Å². The number of benzene rings is 2. The number of carbonyl (C=O) groups excluding carboxylic acids is 1. The molecular formula is C22H25NO4. The number of hydrogen-bond donors (Lipinski definition) is 2. The molecule has 5 heteroatoms. The van der Waals surface area contributed by atoms with E-state index >= 15 is 0 Å². The Hall–Kier alpha value is -2.66. The van der Waals surface area contributed by atoms with E-state index in [4.69, 9.17) is 4.74 Å². The topological polar surface area (TPSA) is 75.6 Å². The van der Waals surface area contributed by atoms with Gasteiger partial charge in [0.2, 0.25) is 0 Å². The molecule has 0 aliphatic heterocycles. The van der Waals surface area contributed by atoms with Crippen LogP contribution in [0.5, 0.6) is 0 Å². The van der Waals surface area contributed by atoms with Gasteiger partial charge in [-0.05, 0) is 35.2 Å². The highest BCUT2D eigenvalue weighted by atomic mass is 16.5. The van der Waals surface area contributed by atoms with Crippen LogP contribution in [-0.4, -0.2) is 36.7 Å². The number of carboxylic acid groups (broad SMARTS) is 1. The van der Waals surface area contributed by atoms with E-state index in [1.807, 2.05) is 50.2 Å². The lowest BCUT2D eigenvalue weighted by Gasteiger charge is -2.26. The summed E-state index contributed by atoms with van der Waals surface area (Å²) >= 11 is 0. The van der Waals surface area contributed by atoms with Gasteiger partial charge in [0.05, 0.1) is 0 Å². The zero-order chi connectivity index (χ0) is 19.6. The maximum atomic E-state index is 12.6. The summed E-state index contributed by atoms with van der Waals surface area (Å²) in [5, 5.41) is 12.5. The molecule has 1 aliphatic carbocycles. The Labute approximate surface area is 159 Å². The highest BCUT2D eigenvalue weighted by molar-refractivity contribution is 5.95. The Morgan fingerprint density at radius 3 is 2.00 bits per heavy atom. The molecule has 1 unspecified atom stereocenters. The standard InChI is InChI=1S/C22H25NO4/c1-13(2)20(23-3)19(21(24)25)22(26)27-12-18-16-10-6-4-8-14(16)15-9-5-7-11-17(15)18/h4-11,13,18-20,23H,12H2,1-3H3,(H,24,25)/t19?,20-/m0/s1. The zero-order valence-corrected chi connectivity index (χ0v) is 15.8. The molecular weight excluding hydrogens is 342 g/mol. The number of rotatable bonds is 7. The first kappa shape index (κ1) is 19.1. The van der Waals surface area contributed by atoms with Gasteiger partial charge in [-0.3, -0.25) is 9.59 Å². The van der Waals surface area contributed by atoms with Crippen LogP contribution in [0.4, 0.5) is 0 Å². The fourth-order valence-electron chi connectivity index (χ4n) is 3.98. The van der Waals surface area contributed by atoms with Crippen molar-refractivity contribution in [2.24, 2.45) is 11.8 Å². The molecule has 0 amide bonds. The van der Waals surface area contributed by atoms with E-state index in [-0.39, 0.29) is 18.4 Å². The fourth-order valence-corrected chi connectivity index (χ4v) is 3.98. The summed E-state index contributed by atoms with van der Waals surface area (Å²) in [6, 6.07) is 15.6. The Morgan fingerprint density at radius 2 is 1.56 bits per heavy atom. The van der Waals surface area contributed by atoms with E-state index in [9.17, 15) is 14.7 Å². The Balaban J connectivity index is 1.82. The van der Waals surface area contributed by atoms with Crippen LogP contribution in [0.15, 0.2) is 48.5 Å². The van der Waals surface area contributed by atoms with E-state index in [1.54, 1.807) is 7.05 Å². The van der Waals surface area contributed by atoms with Crippen LogP contribution in [0.3, 0.4) is 0 Å². The molecule has 3 rings (SSSR count).